The summed E-state index contributed by atoms with van der Waals surface area (Å²) in [6.07, 6.45) is 2.48. The van der Waals surface area contributed by atoms with Crippen molar-refractivity contribution < 1.29 is 9.21 Å². The lowest BCUT2D eigenvalue weighted by Crippen LogP contribution is -2.28. The third kappa shape index (κ3) is 3.22. The Morgan fingerprint density at radius 1 is 1.21 bits per heavy atom. The van der Waals surface area contributed by atoms with Gasteiger partial charge in [0.1, 0.15) is 11.5 Å². The Kier molecular flexibility index (Phi) is 4.99. The number of hydrogen-bond donors (Lipinski definition) is 0. The zero-order chi connectivity index (χ0) is 17.3. The summed E-state index contributed by atoms with van der Waals surface area (Å²) in [6.45, 7) is 6.47. The Hall–Kier alpha value is -1.75. The number of aryl methyl sites for hydroxylation is 2. The van der Waals surface area contributed by atoms with Crippen LogP contribution in [0.1, 0.15) is 40.3 Å². The number of hydrogen-bond acceptors (Lipinski definition) is 3. The number of carbonyl (C=O) groups excluding carboxylic acids is 1. The molecule has 1 saturated heterocycles. The van der Waals surface area contributed by atoms with Crippen molar-refractivity contribution in [3.8, 4) is 0 Å². The van der Waals surface area contributed by atoms with Gasteiger partial charge in [0.2, 0.25) is 0 Å². The van der Waals surface area contributed by atoms with Crippen LogP contribution in [-0.4, -0.2) is 30.9 Å². The van der Waals surface area contributed by atoms with Crippen LogP contribution in [0.5, 0.6) is 0 Å². The van der Waals surface area contributed by atoms with Crippen molar-refractivity contribution in [2.75, 3.05) is 25.0 Å². The average molecular weight is 391 g/mol. The van der Waals surface area contributed by atoms with E-state index in [2.05, 4.69) is 39.0 Å². The molecule has 1 amide bonds. The maximum absolute atomic E-state index is 12.9. The van der Waals surface area contributed by atoms with Crippen LogP contribution in [-0.2, 0) is 6.54 Å². The van der Waals surface area contributed by atoms with E-state index in [0.717, 1.165) is 23.3 Å². The molecule has 1 aromatic heterocycles. The third-order valence-electron chi connectivity index (χ3n) is 4.59. The second-order valence-electron chi connectivity index (χ2n) is 6.39. The normalized spacial score (nSPS) is 14.2. The summed E-state index contributed by atoms with van der Waals surface area (Å²) in [5, 5.41) is 0. The highest BCUT2D eigenvalue weighted by molar-refractivity contribution is 9.10. The minimum absolute atomic E-state index is 0.0209. The van der Waals surface area contributed by atoms with Crippen molar-refractivity contribution in [1.82, 2.24) is 4.90 Å². The summed E-state index contributed by atoms with van der Waals surface area (Å²) in [4.78, 5) is 17.0. The lowest BCUT2D eigenvalue weighted by Gasteiger charge is -2.24. The van der Waals surface area contributed by atoms with Crippen LogP contribution in [0.3, 0.4) is 0 Å². The minimum atomic E-state index is -0.0209. The summed E-state index contributed by atoms with van der Waals surface area (Å²) in [5.41, 5.74) is 3.05. The smallest absolute Gasteiger partial charge is 0.258 e. The van der Waals surface area contributed by atoms with E-state index in [0.29, 0.717) is 17.9 Å². The van der Waals surface area contributed by atoms with E-state index in [1.807, 2.05) is 27.0 Å². The fourth-order valence-electron chi connectivity index (χ4n) is 3.33. The van der Waals surface area contributed by atoms with Crippen molar-refractivity contribution in [2.24, 2.45) is 0 Å². The molecular weight excluding hydrogens is 368 g/mol. The van der Waals surface area contributed by atoms with E-state index >= 15 is 0 Å². The molecule has 2 aromatic rings. The molecule has 0 radical (unpaired) electrons. The topological polar surface area (TPSA) is 36.7 Å². The highest BCUT2D eigenvalue weighted by atomic mass is 79.9. The van der Waals surface area contributed by atoms with Crippen molar-refractivity contribution in [3.63, 3.8) is 0 Å². The number of para-hydroxylation sites is 1. The van der Waals surface area contributed by atoms with Crippen molar-refractivity contribution in [3.05, 3.63) is 51.4 Å². The second-order valence-corrected chi connectivity index (χ2v) is 7.18. The molecule has 24 heavy (non-hydrogen) atoms. The summed E-state index contributed by atoms with van der Waals surface area (Å²) in [5.74, 6) is 1.37. The maximum Gasteiger partial charge on any atom is 0.258 e. The standard InChI is InChI=1S/C19H23BrN2O2/c1-13-17(18(20)14(2)24-13)19(23)21(3)12-15-8-4-5-9-16(15)22-10-6-7-11-22/h4-5,8-9H,6-7,10-12H2,1-3H3. The van der Waals surface area contributed by atoms with Gasteiger partial charge in [-0.1, -0.05) is 18.2 Å². The number of halogens is 1. The van der Waals surface area contributed by atoms with Gasteiger partial charge in [-0.3, -0.25) is 4.79 Å². The molecular formula is C19H23BrN2O2. The molecule has 1 fully saturated rings. The Labute approximate surface area is 151 Å². The fraction of sp³-hybridized carbons (Fsp3) is 0.421. The molecule has 3 rings (SSSR count). The monoisotopic (exact) mass is 390 g/mol. The average Bonchev–Trinajstić information content (AvgIpc) is 3.17. The number of benzene rings is 1. The van der Waals surface area contributed by atoms with E-state index in [1.54, 1.807) is 4.90 Å². The largest absolute Gasteiger partial charge is 0.465 e. The van der Waals surface area contributed by atoms with E-state index < -0.39 is 0 Å². The first-order chi connectivity index (χ1) is 11.5. The van der Waals surface area contributed by atoms with E-state index in [-0.39, 0.29) is 5.91 Å². The van der Waals surface area contributed by atoms with E-state index in [4.69, 9.17) is 4.42 Å². The van der Waals surface area contributed by atoms with Gasteiger partial charge in [0, 0.05) is 32.4 Å². The molecule has 4 nitrogen and oxygen atoms in total. The first kappa shape index (κ1) is 17.1. The Morgan fingerprint density at radius 2 is 1.88 bits per heavy atom. The Balaban J connectivity index is 1.82. The van der Waals surface area contributed by atoms with Crippen molar-refractivity contribution in [1.29, 1.82) is 0 Å². The van der Waals surface area contributed by atoms with Gasteiger partial charge in [0.25, 0.3) is 5.91 Å². The predicted octanol–water partition coefficient (Wildman–Crippen LogP) is 4.53. The predicted molar refractivity (Wildman–Crippen MR) is 99.6 cm³/mol. The van der Waals surface area contributed by atoms with Crippen LogP contribution in [0.25, 0.3) is 0 Å². The molecule has 5 heteroatoms. The van der Waals surface area contributed by atoms with Gasteiger partial charge in [-0.05, 0) is 54.2 Å². The SMILES string of the molecule is Cc1oc(C)c(C(=O)N(C)Cc2ccccc2N2CCCC2)c1Br. The lowest BCUT2D eigenvalue weighted by molar-refractivity contribution is 0.0782. The van der Waals surface area contributed by atoms with E-state index in [1.165, 1.54) is 24.1 Å². The van der Waals surface area contributed by atoms with Gasteiger partial charge in [-0.2, -0.15) is 0 Å². The van der Waals surface area contributed by atoms with Crippen LogP contribution in [0.4, 0.5) is 5.69 Å². The highest BCUT2D eigenvalue weighted by Gasteiger charge is 2.24. The number of amides is 1. The number of carbonyl (C=O) groups is 1. The summed E-state index contributed by atoms with van der Waals surface area (Å²) in [6, 6.07) is 8.37. The summed E-state index contributed by atoms with van der Waals surface area (Å²) in [7, 11) is 1.84. The Morgan fingerprint density at radius 3 is 2.50 bits per heavy atom. The molecule has 2 heterocycles. The highest BCUT2D eigenvalue weighted by Crippen LogP contribution is 2.30. The van der Waals surface area contributed by atoms with Gasteiger partial charge >= 0.3 is 0 Å². The molecule has 0 N–H and O–H groups in total. The van der Waals surface area contributed by atoms with Gasteiger partial charge in [-0.15, -0.1) is 0 Å². The minimum Gasteiger partial charge on any atom is -0.465 e. The zero-order valence-electron chi connectivity index (χ0n) is 14.4. The van der Waals surface area contributed by atoms with Crippen LogP contribution >= 0.6 is 15.9 Å². The maximum atomic E-state index is 12.9. The lowest BCUT2D eigenvalue weighted by atomic mass is 10.1. The quantitative estimate of drug-likeness (QED) is 0.769. The van der Waals surface area contributed by atoms with Gasteiger partial charge in [0.05, 0.1) is 10.0 Å². The molecule has 0 saturated carbocycles. The van der Waals surface area contributed by atoms with Gasteiger partial charge < -0.3 is 14.2 Å². The van der Waals surface area contributed by atoms with Crippen molar-refractivity contribution >= 4 is 27.5 Å². The number of anilines is 1. The van der Waals surface area contributed by atoms with Crippen molar-refractivity contribution in [2.45, 2.75) is 33.2 Å². The zero-order valence-corrected chi connectivity index (χ0v) is 16.0. The number of furan rings is 1. The summed E-state index contributed by atoms with van der Waals surface area (Å²) >= 11 is 3.47. The number of rotatable bonds is 4. The van der Waals surface area contributed by atoms with Gasteiger partial charge in [-0.25, -0.2) is 0 Å². The van der Waals surface area contributed by atoms with Gasteiger partial charge in [0.15, 0.2) is 0 Å². The fourth-order valence-corrected chi connectivity index (χ4v) is 3.86. The van der Waals surface area contributed by atoms with Crippen LogP contribution in [0.2, 0.25) is 0 Å². The van der Waals surface area contributed by atoms with Crippen LogP contribution < -0.4 is 4.90 Å². The molecule has 1 aliphatic rings. The van der Waals surface area contributed by atoms with E-state index in [9.17, 15) is 4.79 Å². The summed E-state index contributed by atoms with van der Waals surface area (Å²) < 4.78 is 6.32. The Bertz CT molecular complexity index is 748. The molecule has 0 bridgehead atoms. The molecule has 1 aliphatic heterocycles. The molecule has 0 atom stereocenters. The molecule has 1 aromatic carbocycles. The molecule has 0 unspecified atom stereocenters. The second kappa shape index (κ2) is 7.01. The first-order valence-corrected chi connectivity index (χ1v) is 9.12. The third-order valence-corrected chi connectivity index (χ3v) is 5.55. The molecule has 128 valence electrons. The number of nitrogens with zero attached hydrogens (tertiary/aromatic N) is 2. The van der Waals surface area contributed by atoms with Crippen LogP contribution in [0.15, 0.2) is 33.2 Å². The molecule has 0 aliphatic carbocycles. The van der Waals surface area contributed by atoms with Crippen LogP contribution in [0, 0.1) is 13.8 Å². The first-order valence-electron chi connectivity index (χ1n) is 8.33. The molecule has 0 spiro atoms.